The van der Waals surface area contributed by atoms with Gasteiger partial charge < -0.3 is 10.6 Å². The highest BCUT2D eigenvalue weighted by molar-refractivity contribution is 5.98. The number of anilines is 1. The molecule has 3 heterocycles. The molecule has 0 unspecified atom stereocenters. The Bertz CT molecular complexity index is 1060. The number of nitrogens with zero attached hydrogens (tertiary/aromatic N) is 3. The molecule has 1 amide bonds. The number of aromatic nitrogens is 2. The Balaban J connectivity index is 1.44. The van der Waals surface area contributed by atoms with E-state index in [1.54, 1.807) is 18.3 Å². The van der Waals surface area contributed by atoms with Crippen LogP contribution in [-0.2, 0) is 0 Å². The lowest BCUT2D eigenvalue weighted by molar-refractivity contribution is 0.100. The maximum atomic E-state index is 11.7. The summed E-state index contributed by atoms with van der Waals surface area (Å²) < 4.78 is 0. The zero-order valence-corrected chi connectivity index (χ0v) is 16.6. The number of benzene rings is 1. The quantitative estimate of drug-likeness (QED) is 0.724. The normalized spacial score (nSPS) is 21.7. The molecule has 1 aliphatic carbocycles. The second-order valence-corrected chi connectivity index (χ2v) is 8.38. The molecule has 2 atom stereocenters. The topological polar surface area (TPSA) is 72.1 Å². The van der Waals surface area contributed by atoms with Crippen molar-refractivity contribution in [1.82, 2.24) is 9.97 Å². The van der Waals surface area contributed by atoms with E-state index >= 15 is 0 Å². The van der Waals surface area contributed by atoms with E-state index < -0.39 is 5.91 Å². The third kappa shape index (κ3) is 3.46. The standard InChI is InChI=1S/C24H26N4O/c25-24(29)20-6-3-12-26-23(20)22-9-7-17-14-19(8-10-21(17)27-22)28-13-11-16-4-1-2-5-18(16)15-28/h3,6-10,12,14,16,18H,1-2,4-5,11,13,15H2,(H2,25,29)/t16-,18-/m1/s1. The van der Waals surface area contributed by atoms with Crippen molar-refractivity contribution in [3.8, 4) is 11.4 Å². The van der Waals surface area contributed by atoms with Crippen molar-refractivity contribution in [1.29, 1.82) is 0 Å². The van der Waals surface area contributed by atoms with Crippen LogP contribution in [0.3, 0.4) is 0 Å². The summed E-state index contributed by atoms with van der Waals surface area (Å²) in [7, 11) is 0. The number of hydrogen-bond acceptors (Lipinski definition) is 4. The van der Waals surface area contributed by atoms with Crippen molar-refractivity contribution in [2.45, 2.75) is 32.1 Å². The van der Waals surface area contributed by atoms with Crippen molar-refractivity contribution < 1.29 is 4.79 Å². The van der Waals surface area contributed by atoms with Crippen molar-refractivity contribution in [3.05, 3.63) is 54.2 Å². The van der Waals surface area contributed by atoms with Gasteiger partial charge >= 0.3 is 0 Å². The van der Waals surface area contributed by atoms with Crippen molar-refractivity contribution in [2.24, 2.45) is 17.6 Å². The number of piperidine rings is 1. The molecule has 2 aliphatic rings. The Kier molecular flexibility index (Phi) is 4.66. The van der Waals surface area contributed by atoms with Crippen LogP contribution in [-0.4, -0.2) is 29.0 Å². The smallest absolute Gasteiger partial charge is 0.250 e. The van der Waals surface area contributed by atoms with Crippen LogP contribution >= 0.6 is 0 Å². The third-order valence-electron chi connectivity index (χ3n) is 6.64. The molecule has 29 heavy (non-hydrogen) atoms. The Morgan fingerprint density at radius 3 is 2.76 bits per heavy atom. The first kappa shape index (κ1) is 18.1. The zero-order valence-electron chi connectivity index (χ0n) is 16.6. The molecule has 1 saturated carbocycles. The predicted molar refractivity (Wildman–Crippen MR) is 116 cm³/mol. The average Bonchev–Trinajstić information content (AvgIpc) is 2.78. The minimum atomic E-state index is -0.489. The highest BCUT2D eigenvalue weighted by Gasteiger charge is 2.31. The summed E-state index contributed by atoms with van der Waals surface area (Å²) in [5, 5.41) is 1.11. The molecule has 5 nitrogen and oxygen atoms in total. The van der Waals surface area contributed by atoms with Crippen molar-refractivity contribution in [2.75, 3.05) is 18.0 Å². The van der Waals surface area contributed by atoms with E-state index in [0.717, 1.165) is 29.3 Å². The predicted octanol–water partition coefficient (Wildman–Crippen LogP) is 4.41. The van der Waals surface area contributed by atoms with Gasteiger partial charge in [-0.1, -0.05) is 25.3 Å². The fourth-order valence-electron chi connectivity index (χ4n) is 5.09. The molecular weight excluding hydrogens is 360 g/mol. The average molecular weight is 386 g/mol. The van der Waals surface area contributed by atoms with Gasteiger partial charge in [0.25, 0.3) is 5.91 Å². The van der Waals surface area contributed by atoms with Gasteiger partial charge in [0.15, 0.2) is 0 Å². The Morgan fingerprint density at radius 2 is 1.90 bits per heavy atom. The largest absolute Gasteiger partial charge is 0.371 e. The molecule has 2 fully saturated rings. The first-order valence-corrected chi connectivity index (χ1v) is 10.6. The van der Waals surface area contributed by atoms with Gasteiger partial charge in [-0.2, -0.15) is 0 Å². The van der Waals surface area contributed by atoms with E-state index in [2.05, 4.69) is 34.1 Å². The van der Waals surface area contributed by atoms with Gasteiger partial charge in [-0.05, 0) is 61.1 Å². The van der Waals surface area contributed by atoms with Crippen LogP contribution in [0.25, 0.3) is 22.3 Å². The number of primary amides is 1. The minimum Gasteiger partial charge on any atom is -0.371 e. The summed E-state index contributed by atoms with van der Waals surface area (Å²) in [4.78, 5) is 23.4. The van der Waals surface area contributed by atoms with Gasteiger partial charge in [-0.15, -0.1) is 0 Å². The maximum Gasteiger partial charge on any atom is 0.250 e. The number of fused-ring (bicyclic) bond motifs is 2. The van der Waals surface area contributed by atoms with Crippen LogP contribution in [0.4, 0.5) is 5.69 Å². The van der Waals surface area contributed by atoms with Crippen LogP contribution in [0.5, 0.6) is 0 Å². The van der Waals surface area contributed by atoms with E-state index in [9.17, 15) is 4.79 Å². The van der Waals surface area contributed by atoms with Crippen LogP contribution in [0.1, 0.15) is 42.5 Å². The second-order valence-electron chi connectivity index (χ2n) is 8.38. The zero-order chi connectivity index (χ0) is 19.8. The number of hydrogen-bond donors (Lipinski definition) is 1. The molecule has 1 saturated heterocycles. The number of carbonyl (C=O) groups excluding carboxylic acids is 1. The number of amides is 1. The Labute approximate surface area is 171 Å². The summed E-state index contributed by atoms with van der Waals surface area (Å²) in [6, 6.07) is 13.9. The lowest BCUT2D eigenvalue weighted by Crippen LogP contribution is -2.41. The summed E-state index contributed by atoms with van der Waals surface area (Å²) in [5.41, 5.74) is 9.28. The highest BCUT2D eigenvalue weighted by atomic mass is 16.1. The summed E-state index contributed by atoms with van der Waals surface area (Å²) in [5.74, 6) is 1.30. The number of nitrogens with two attached hydrogens (primary N) is 1. The Hall–Kier alpha value is -2.95. The number of carbonyl (C=O) groups is 1. The van der Waals surface area contributed by atoms with Gasteiger partial charge in [0.2, 0.25) is 0 Å². The molecule has 148 valence electrons. The molecule has 0 spiro atoms. The van der Waals surface area contributed by atoms with Gasteiger partial charge in [-0.25, -0.2) is 4.98 Å². The number of rotatable bonds is 3. The summed E-state index contributed by atoms with van der Waals surface area (Å²) in [6.45, 7) is 2.33. The van der Waals surface area contributed by atoms with Crippen molar-refractivity contribution in [3.63, 3.8) is 0 Å². The monoisotopic (exact) mass is 386 g/mol. The van der Waals surface area contributed by atoms with Gasteiger partial charge in [0.05, 0.1) is 16.8 Å². The first-order valence-electron chi connectivity index (χ1n) is 10.6. The molecule has 2 N–H and O–H groups in total. The molecule has 3 aromatic rings. The lowest BCUT2D eigenvalue weighted by atomic mass is 9.75. The fraction of sp³-hybridized carbons (Fsp3) is 0.375. The molecule has 5 rings (SSSR count). The molecule has 0 radical (unpaired) electrons. The van der Waals surface area contributed by atoms with Crippen LogP contribution in [0, 0.1) is 11.8 Å². The van der Waals surface area contributed by atoms with Gasteiger partial charge in [-0.3, -0.25) is 9.78 Å². The first-order chi connectivity index (χ1) is 14.2. The van der Waals surface area contributed by atoms with Gasteiger partial charge in [0, 0.05) is 30.4 Å². The fourth-order valence-corrected chi connectivity index (χ4v) is 5.09. The molecule has 1 aromatic carbocycles. The molecule has 5 heteroatoms. The van der Waals surface area contributed by atoms with Crippen molar-refractivity contribution >= 4 is 22.5 Å². The summed E-state index contributed by atoms with van der Waals surface area (Å²) in [6.07, 6.45) is 8.58. The summed E-state index contributed by atoms with van der Waals surface area (Å²) >= 11 is 0. The molecule has 0 bridgehead atoms. The number of pyridine rings is 2. The molecule has 2 aromatic heterocycles. The SMILES string of the molecule is NC(=O)c1cccnc1-c1ccc2cc(N3CC[C@H]4CCCC[C@@H]4C3)ccc2n1. The van der Waals surface area contributed by atoms with E-state index in [-0.39, 0.29) is 0 Å². The molecular formula is C24H26N4O. The van der Waals surface area contributed by atoms with E-state index in [4.69, 9.17) is 10.7 Å². The Morgan fingerprint density at radius 1 is 1.03 bits per heavy atom. The van der Waals surface area contributed by atoms with E-state index in [1.165, 1.54) is 44.3 Å². The van der Waals surface area contributed by atoms with Crippen LogP contribution in [0.15, 0.2) is 48.7 Å². The van der Waals surface area contributed by atoms with Crippen LogP contribution in [0.2, 0.25) is 0 Å². The molecule has 1 aliphatic heterocycles. The minimum absolute atomic E-state index is 0.395. The van der Waals surface area contributed by atoms with E-state index in [1.807, 2.05) is 6.07 Å². The second kappa shape index (κ2) is 7.47. The highest BCUT2D eigenvalue weighted by Crippen LogP contribution is 2.38. The van der Waals surface area contributed by atoms with E-state index in [0.29, 0.717) is 17.0 Å². The van der Waals surface area contributed by atoms with Crippen LogP contribution < -0.4 is 10.6 Å². The third-order valence-corrected chi connectivity index (χ3v) is 6.64. The lowest BCUT2D eigenvalue weighted by Gasteiger charge is -2.42. The maximum absolute atomic E-state index is 11.7. The van der Waals surface area contributed by atoms with Gasteiger partial charge in [0.1, 0.15) is 5.69 Å².